The van der Waals surface area contributed by atoms with Crippen LogP contribution in [0.3, 0.4) is 0 Å². The second-order valence-electron chi connectivity index (χ2n) is 6.93. The summed E-state index contributed by atoms with van der Waals surface area (Å²) in [7, 11) is -1.15. The smallest absolute Gasteiger partial charge is 0.329 e. The summed E-state index contributed by atoms with van der Waals surface area (Å²) in [4.78, 5) is 11.8. The van der Waals surface area contributed by atoms with Gasteiger partial charge in [0.1, 0.15) is 0 Å². The Labute approximate surface area is 145 Å². The lowest BCUT2D eigenvalue weighted by atomic mass is 10.7. The summed E-state index contributed by atoms with van der Waals surface area (Å²) in [5, 5.41) is 0. The molecule has 5 nitrogen and oxygen atoms in total. The molecule has 0 saturated carbocycles. The molecule has 0 bridgehead atoms. The van der Waals surface area contributed by atoms with E-state index in [1.54, 1.807) is 21.3 Å². The quantitative estimate of drug-likeness (QED) is 0.324. The number of esters is 1. The van der Waals surface area contributed by atoms with E-state index < -0.39 is 30.1 Å². The molecule has 0 aliphatic heterocycles. The summed E-state index contributed by atoms with van der Waals surface area (Å²) in [6, 6.07) is 0.959. The van der Waals surface area contributed by atoms with Crippen LogP contribution in [-0.4, -0.2) is 63.7 Å². The summed E-state index contributed by atoms with van der Waals surface area (Å²) in [5.74, 6) is -0.382. The fourth-order valence-electron chi connectivity index (χ4n) is 3.71. The first-order chi connectivity index (χ1) is 10.4. The molecule has 0 aliphatic carbocycles. The predicted octanol–water partition coefficient (Wildman–Crippen LogP) is 2.88. The van der Waals surface area contributed by atoms with Crippen molar-refractivity contribution in [1.82, 2.24) is 0 Å². The van der Waals surface area contributed by atoms with Gasteiger partial charge in [-0.05, 0) is 38.8 Å². The maximum absolute atomic E-state index is 11.8. The SMILES string of the molecule is C=CC(=O)OC[Si]([Si](C)(C)OC)([Si](C)(C)OC)[Si](C)(CC)OC. The van der Waals surface area contributed by atoms with Gasteiger partial charge in [-0.3, -0.25) is 0 Å². The molecule has 23 heavy (non-hydrogen) atoms. The van der Waals surface area contributed by atoms with Crippen LogP contribution >= 0.6 is 0 Å². The van der Waals surface area contributed by atoms with Crippen molar-refractivity contribution in [3.63, 3.8) is 0 Å². The highest BCUT2D eigenvalue weighted by atomic mass is 29.9. The molecule has 0 heterocycles. The van der Waals surface area contributed by atoms with Crippen LogP contribution in [0.15, 0.2) is 12.7 Å². The van der Waals surface area contributed by atoms with Gasteiger partial charge in [0.15, 0.2) is 30.1 Å². The first kappa shape index (κ1) is 23.0. The van der Waals surface area contributed by atoms with Gasteiger partial charge in [0, 0.05) is 27.4 Å². The van der Waals surface area contributed by atoms with Crippen molar-refractivity contribution in [2.24, 2.45) is 0 Å². The number of carbonyl (C=O) groups is 1. The van der Waals surface area contributed by atoms with E-state index in [1.807, 2.05) is 0 Å². The Morgan fingerprint density at radius 1 is 0.957 bits per heavy atom. The third-order valence-electron chi connectivity index (χ3n) is 5.70. The molecule has 0 radical (unpaired) electrons. The van der Waals surface area contributed by atoms with E-state index in [2.05, 4.69) is 46.2 Å². The zero-order valence-corrected chi connectivity index (χ0v) is 20.2. The molecular weight excluding hydrogens is 360 g/mol. The Bertz CT molecular complexity index is 405. The van der Waals surface area contributed by atoms with Gasteiger partial charge >= 0.3 is 5.97 Å². The number of ether oxygens (including phenoxy) is 1. The van der Waals surface area contributed by atoms with Gasteiger partial charge < -0.3 is 18.0 Å². The van der Waals surface area contributed by atoms with Gasteiger partial charge in [-0.2, -0.15) is 0 Å². The number of hydrogen-bond donors (Lipinski definition) is 0. The molecule has 1 unspecified atom stereocenters. The zero-order valence-electron chi connectivity index (χ0n) is 16.2. The van der Waals surface area contributed by atoms with E-state index in [0.29, 0.717) is 6.23 Å². The Kier molecular flexibility index (Phi) is 8.35. The first-order valence-corrected chi connectivity index (χ1v) is 21.5. The monoisotopic (exact) mass is 394 g/mol. The molecule has 136 valence electrons. The van der Waals surface area contributed by atoms with Crippen LogP contribution in [0.2, 0.25) is 38.8 Å². The molecule has 9 heteroatoms. The highest BCUT2D eigenvalue weighted by Crippen LogP contribution is 2.39. The molecule has 0 aromatic carbocycles. The summed E-state index contributed by atoms with van der Waals surface area (Å²) in [6.07, 6.45) is 1.63. The normalized spacial score (nSPS) is 15.9. The van der Waals surface area contributed by atoms with Gasteiger partial charge in [-0.25, -0.2) is 4.79 Å². The molecule has 0 aromatic heterocycles. The van der Waals surface area contributed by atoms with Gasteiger partial charge in [0.2, 0.25) is 0 Å². The number of hydrogen-bond acceptors (Lipinski definition) is 5. The Hall–Kier alpha value is -0.0425. The van der Waals surface area contributed by atoms with Crippen molar-refractivity contribution in [2.75, 3.05) is 27.6 Å². The summed E-state index contributed by atoms with van der Waals surface area (Å²) in [5.41, 5.74) is 0. The van der Waals surface area contributed by atoms with Crippen LogP contribution in [0.25, 0.3) is 0 Å². The molecule has 0 N–H and O–H groups in total. The standard InChI is InChI=1S/C14H34O5Si4/c1-11-14(15)19-13-23(20(6,7)16-3,21(8,9)17-4)22(10,12-2)18-5/h11H,1,12-13H2,2-10H3. The molecule has 0 aromatic rings. The molecule has 1 atom stereocenters. The number of rotatable bonds is 10. The van der Waals surface area contributed by atoms with Crippen molar-refractivity contribution in [1.29, 1.82) is 0 Å². The second kappa shape index (κ2) is 8.36. The Balaban J connectivity index is 6.47. The second-order valence-corrected chi connectivity index (χ2v) is 42.0. The van der Waals surface area contributed by atoms with Crippen molar-refractivity contribution < 1.29 is 22.8 Å². The van der Waals surface area contributed by atoms with E-state index >= 15 is 0 Å². The molecule has 0 aliphatic rings. The van der Waals surface area contributed by atoms with Gasteiger partial charge in [0.25, 0.3) is 0 Å². The lowest BCUT2D eigenvalue weighted by Crippen LogP contribution is -2.89. The third kappa shape index (κ3) is 3.97. The van der Waals surface area contributed by atoms with Crippen molar-refractivity contribution in [3.05, 3.63) is 12.7 Å². The predicted molar refractivity (Wildman–Crippen MR) is 105 cm³/mol. The maximum Gasteiger partial charge on any atom is 0.329 e. The van der Waals surface area contributed by atoms with Crippen molar-refractivity contribution in [3.8, 4) is 0 Å². The molecule has 0 saturated heterocycles. The summed E-state index contributed by atoms with van der Waals surface area (Å²) >= 11 is 0. The minimum absolute atomic E-state index is 0.382. The van der Waals surface area contributed by atoms with Crippen LogP contribution < -0.4 is 0 Å². The molecule has 0 spiro atoms. The van der Waals surface area contributed by atoms with Crippen LogP contribution in [0, 0.1) is 0 Å². The van der Waals surface area contributed by atoms with Crippen LogP contribution in [0.4, 0.5) is 0 Å². The van der Waals surface area contributed by atoms with Gasteiger partial charge in [-0.1, -0.05) is 13.5 Å². The minimum atomic E-state index is -2.32. The van der Waals surface area contributed by atoms with Gasteiger partial charge in [-0.15, -0.1) is 0 Å². The van der Waals surface area contributed by atoms with E-state index in [1.165, 1.54) is 6.08 Å². The van der Waals surface area contributed by atoms with E-state index in [-0.39, 0.29) is 5.97 Å². The van der Waals surface area contributed by atoms with Gasteiger partial charge in [0.05, 0.1) is 6.23 Å². The lowest BCUT2D eigenvalue weighted by Gasteiger charge is -2.56. The highest BCUT2D eigenvalue weighted by molar-refractivity contribution is 7.87. The van der Waals surface area contributed by atoms with E-state index in [4.69, 9.17) is 18.0 Å². The lowest BCUT2D eigenvalue weighted by molar-refractivity contribution is -0.135. The third-order valence-corrected chi connectivity index (χ3v) is 69.6. The first-order valence-electron chi connectivity index (χ1n) is 7.90. The topological polar surface area (TPSA) is 54.0 Å². The largest absolute Gasteiger partial charge is 0.467 e. The van der Waals surface area contributed by atoms with Crippen molar-refractivity contribution in [2.45, 2.75) is 45.7 Å². The zero-order chi connectivity index (χ0) is 18.5. The van der Waals surface area contributed by atoms with Crippen LogP contribution in [0.1, 0.15) is 6.92 Å². The molecular formula is C14H34O5Si4. The minimum Gasteiger partial charge on any atom is -0.467 e. The average Bonchev–Trinajstić information content (AvgIpc) is 2.53. The Morgan fingerprint density at radius 2 is 1.39 bits per heavy atom. The Morgan fingerprint density at radius 3 is 1.65 bits per heavy atom. The number of carbonyl (C=O) groups excluding carboxylic acids is 1. The van der Waals surface area contributed by atoms with Crippen molar-refractivity contribution >= 4 is 36.1 Å². The fraction of sp³-hybridized carbons (Fsp3) is 0.786. The average molecular weight is 395 g/mol. The maximum atomic E-state index is 11.8. The van der Waals surface area contributed by atoms with Crippen LogP contribution in [-0.2, 0) is 22.8 Å². The molecule has 0 fully saturated rings. The fourth-order valence-corrected chi connectivity index (χ4v) is 76.3. The summed E-state index contributed by atoms with van der Waals surface area (Å²) in [6.45, 7) is 14.5. The van der Waals surface area contributed by atoms with E-state index in [9.17, 15) is 4.79 Å². The molecule has 0 rings (SSSR count). The van der Waals surface area contributed by atoms with Crippen LogP contribution in [0.5, 0.6) is 0 Å². The highest BCUT2D eigenvalue weighted by Gasteiger charge is 2.72. The summed E-state index contributed by atoms with van der Waals surface area (Å²) < 4.78 is 24.0. The van der Waals surface area contributed by atoms with E-state index in [0.717, 1.165) is 6.04 Å². The molecule has 0 amide bonds.